The molecule has 0 saturated carbocycles. The summed E-state index contributed by atoms with van der Waals surface area (Å²) in [6.45, 7) is -0.0369. The molecule has 1 heterocycles. The third-order valence-electron chi connectivity index (χ3n) is 4.06. The number of aliphatic carboxylic acids is 1. The van der Waals surface area contributed by atoms with Crippen LogP contribution in [0.5, 0.6) is 0 Å². The first-order valence-electron chi connectivity index (χ1n) is 8.03. The molecule has 1 amide bonds. The van der Waals surface area contributed by atoms with Gasteiger partial charge in [-0.2, -0.15) is 5.06 Å². The van der Waals surface area contributed by atoms with Gasteiger partial charge in [-0.25, -0.2) is 9.59 Å². The highest BCUT2D eigenvalue weighted by molar-refractivity contribution is 5.85. The van der Waals surface area contributed by atoms with Crippen molar-refractivity contribution in [3.8, 4) is 0 Å². The molecule has 1 atom stereocenters. The monoisotopic (exact) mass is 354 g/mol. The Morgan fingerprint density at radius 2 is 1.73 bits per heavy atom. The van der Waals surface area contributed by atoms with Crippen LogP contribution in [0.15, 0.2) is 60.8 Å². The summed E-state index contributed by atoms with van der Waals surface area (Å²) in [5.74, 6) is -1.27. The van der Waals surface area contributed by atoms with E-state index in [1.54, 1.807) is 30.5 Å². The lowest BCUT2D eigenvalue weighted by Crippen LogP contribution is -2.45. The zero-order chi connectivity index (χ0) is 18.5. The normalized spacial score (nSPS) is 12.0. The van der Waals surface area contributed by atoms with E-state index in [9.17, 15) is 19.8 Å². The van der Waals surface area contributed by atoms with Crippen LogP contribution in [0.2, 0.25) is 0 Å². The van der Waals surface area contributed by atoms with Crippen LogP contribution in [0.25, 0.3) is 10.9 Å². The average Bonchev–Trinajstić information content (AvgIpc) is 3.04. The van der Waals surface area contributed by atoms with Crippen LogP contribution in [-0.4, -0.2) is 38.4 Å². The number of amides is 1. The van der Waals surface area contributed by atoms with E-state index in [2.05, 4.69) is 4.98 Å². The van der Waals surface area contributed by atoms with Crippen molar-refractivity contribution in [1.82, 2.24) is 10.0 Å². The fourth-order valence-electron chi connectivity index (χ4n) is 2.78. The van der Waals surface area contributed by atoms with Gasteiger partial charge in [0.25, 0.3) is 0 Å². The molecule has 3 rings (SSSR count). The van der Waals surface area contributed by atoms with Gasteiger partial charge < -0.3 is 15.2 Å². The van der Waals surface area contributed by atoms with Crippen LogP contribution in [0.1, 0.15) is 11.1 Å². The van der Waals surface area contributed by atoms with Crippen LogP contribution in [-0.2, 0) is 22.7 Å². The molecule has 0 radical (unpaired) electrons. The zero-order valence-electron chi connectivity index (χ0n) is 13.8. The summed E-state index contributed by atoms with van der Waals surface area (Å²) in [4.78, 5) is 31.7. The van der Waals surface area contributed by atoms with E-state index in [0.717, 1.165) is 16.5 Å². The van der Waals surface area contributed by atoms with E-state index in [-0.39, 0.29) is 13.0 Å². The Labute approximate surface area is 149 Å². The standard InChI is InChI=1S/C19H18N2O5/c22-18(23)17(10-14-11-20-16-9-5-4-8-15(14)16)21(19(24)25)26-12-13-6-2-1-3-7-13/h1-9,11,17,20H,10,12H2,(H,22,23)(H,24,25)/t17-/m0/s1. The van der Waals surface area contributed by atoms with Gasteiger partial charge in [0.15, 0.2) is 6.04 Å². The number of nitrogens with one attached hydrogen (secondary N) is 1. The molecule has 0 bridgehead atoms. The number of carboxylic acids is 1. The number of rotatable bonds is 7. The molecule has 0 aliphatic rings. The molecule has 0 aliphatic heterocycles. The van der Waals surface area contributed by atoms with Crippen molar-refractivity contribution < 1.29 is 24.6 Å². The first kappa shape index (κ1) is 17.5. The van der Waals surface area contributed by atoms with Crippen LogP contribution in [0.4, 0.5) is 4.79 Å². The number of aromatic nitrogens is 1. The molecule has 0 aliphatic carbocycles. The third kappa shape index (κ3) is 3.84. The Balaban J connectivity index is 1.81. The molecule has 0 spiro atoms. The van der Waals surface area contributed by atoms with Gasteiger partial charge in [-0.05, 0) is 17.2 Å². The van der Waals surface area contributed by atoms with Crippen molar-refractivity contribution in [1.29, 1.82) is 0 Å². The van der Waals surface area contributed by atoms with E-state index >= 15 is 0 Å². The number of fused-ring (bicyclic) bond motifs is 1. The molecule has 134 valence electrons. The Morgan fingerprint density at radius 1 is 1.04 bits per heavy atom. The van der Waals surface area contributed by atoms with Crippen LogP contribution >= 0.6 is 0 Å². The second-order valence-electron chi connectivity index (χ2n) is 5.79. The van der Waals surface area contributed by atoms with Gasteiger partial charge in [-0.1, -0.05) is 48.5 Å². The van der Waals surface area contributed by atoms with E-state index in [1.807, 2.05) is 30.3 Å². The number of carboxylic acid groups (broad SMARTS) is 2. The number of benzene rings is 2. The molecule has 0 unspecified atom stereocenters. The minimum absolute atomic E-state index is 0.0135. The van der Waals surface area contributed by atoms with E-state index < -0.39 is 18.1 Å². The Hall–Kier alpha value is -3.32. The minimum atomic E-state index is -1.45. The maximum absolute atomic E-state index is 11.7. The third-order valence-corrected chi connectivity index (χ3v) is 4.06. The SMILES string of the molecule is O=C(O)[C@H](Cc1c[nH]c2ccccc12)N(OCc1ccccc1)C(=O)O. The van der Waals surface area contributed by atoms with Gasteiger partial charge in [-0.15, -0.1) is 0 Å². The molecular weight excluding hydrogens is 336 g/mol. The lowest BCUT2D eigenvalue weighted by molar-refractivity contribution is -0.185. The second kappa shape index (κ2) is 7.71. The summed E-state index contributed by atoms with van der Waals surface area (Å²) in [5, 5.41) is 20.4. The van der Waals surface area contributed by atoms with Crippen molar-refractivity contribution in [2.24, 2.45) is 0 Å². The van der Waals surface area contributed by atoms with Crippen molar-refractivity contribution in [2.75, 3.05) is 0 Å². The number of carbonyl (C=O) groups is 2. The quantitative estimate of drug-likeness (QED) is 0.565. The summed E-state index contributed by atoms with van der Waals surface area (Å²) in [7, 11) is 0. The maximum Gasteiger partial charge on any atom is 0.432 e. The summed E-state index contributed by atoms with van der Waals surface area (Å²) < 4.78 is 0. The molecule has 26 heavy (non-hydrogen) atoms. The first-order chi connectivity index (χ1) is 12.6. The van der Waals surface area contributed by atoms with Crippen LogP contribution in [0.3, 0.4) is 0 Å². The van der Waals surface area contributed by atoms with Gasteiger partial charge in [0.1, 0.15) is 6.61 Å². The fraction of sp³-hybridized carbons (Fsp3) is 0.158. The highest BCUT2D eigenvalue weighted by atomic mass is 16.7. The number of hydrogen-bond donors (Lipinski definition) is 3. The Morgan fingerprint density at radius 3 is 2.42 bits per heavy atom. The van der Waals surface area contributed by atoms with Crippen LogP contribution < -0.4 is 0 Å². The predicted molar refractivity (Wildman–Crippen MR) is 94.5 cm³/mol. The topological polar surface area (TPSA) is 103 Å². The maximum atomic E-state index is 11.7. The van der Waals surface area contributed by atoms with E-state index in [0.29, 0.717) is 10.6 Å². The summed E-state index contributed by atoms with van der Waals surface area (Å²) in [6, 6.07) is 15.0. The van der Waals surface area contributed by atoms with Crippen molar-refractivity contribution >= 4 is 23.0 Å². The molecule has 2 aromatic carbocycles. The number of H-pyrrole nitrogens is 1. The highest BCUT2D eigenvalue weighted by Crippen LogP contribution is 2.21. The Bertz CT molecular complexity index is 906. The largest absolute Gasteiger partial charge is 0.480 e. The lowest BCUT2D eigenvalue weighted by atomic mass is 10.1. The second-order valence-corrected chi connectivity index (χ2v) is 5.79. The predicted octanol–water partition coefficient (Wildman–Crippen LogP) is 3.28. The summed E-state index contributed by atoms with van der Waals surface area (Å²) in [6.07, 6.45) is 0.228. The highest BCUT2D eigenvalue weighted by Gasteiger charge is 2.32. The number of aromatic amines is 1. The van der Waals surface area contributed by atoms with Gasteiger partial charge in [-0.3, -0.25) is 4.84 Å². The number of nitrogens with zero attached hydrogens (tertiary/aromatic N) is 1. The molecule has 0 fully saturated rings. The Kier molecular flexibility index (Phi) is 5.19. The number of hydroxylamine groups is 2. The van der Waals surface area contributed by atoms with Gasteiger partial charge in [0, 0.05) is 23.5 Å². The molecular formula is C19H18N2O5. The first-order valence-corrected chi connectivity index (χ1v) is 8.03. The zero-order valence-corrected chi connectivity index (χ0v) is 13.8. The van der Waals surface area contributed by atoms with Crippen LogP contribution in [0, 0.1) is 0 Å². The van der Waals surface area contributed by atoms with Crippen molar-refractivity contribution in [3.63, 3.8) is 0 Å². The van der Waals surface area contributed by atoms with E-state index in [4.69, 9.17) is 4.84 Å². The number of para-hydroxylation sites is 1. The fourth-order valence-corrected chi connectivity index (χ4v) is 2.78. The molecule has 0 saturated heterocycles. The van der Waals surface area contributed by atoms with Crippen molar-refractivity contribution in [3.05, 3.63) is 71.9 Å². The lowest BCUT2D eigenvalue weighted by Gasteiger charge is -2.25. The molecule has 1 aromatic heterocycles. The van der Waals surface area contributed by atoms with Gasteiger partial charge in [0.2, 0.25) is 0 Å². The molecule has 3 aromatic rings. The van der Waals surface area contributed by atoms with E-state index in [1.165, 1.54) is 0 Å². The van der Waals surface area contributed by atoms with Gasteiger partial charge in [0.05, 0.1) is 0 Å². The summed E-state index contributed by atoms with van der Waals surface area (Å²) in [5.41, 5.74) is 2.32. The average molecular weight is 354 g/mol. The smallest absolute Gasteiger partial charge is 0.432 e. The van der Waals surface area contributed by atoms with Crippen molar-refractivity contribution in [2.45, 2.75) is 19.1 Å². The molecule has 7 heteroatoms. The minimum Gasteiger partial charge on any atom is -0.480 e. The van der Waals surface area contributed by atoms with Gasteiger partial charge >= 0.3 is 12.1 Å². The molecule has 7 nitrogen and oxygen atoms in total. The number of hydrogen-bond acceptors (Lipinski definition) is 3. The molecule has 3 N–H and O–H groups in total. The summed E-state index contributed by atoms with van der Waals surface area (Å²) >= 11 is 0.